The molecule has 0 bridgehead atoms. The molecule has 3 aromatic rings. The van der Waals surface area contributed by atoms with Gasteiger partial charge < -0.3 is 9.88 Å². The molecule has 5 heteroatoms. The summed E-state index contributed by atoms with van der Waals surface area (Å²) in [5.41, 5.74) is 4.98. The number of hydrogen-bond donors (Lipinski definition) is 1. The summed E-state index contributed by atoms with van der Waals surface area (Å²) in [4.78, 5) is 13.2. The van der Waals surface area contributed by atoms with Crippen LogP contribution >= 0.6 is 0 Å². The van der Waals surface area contributed by atoms with Gasteiger partial charge in [-0.1, -0.05) is 6.07 Å². The summed E-state index contributed by atoms with van der Waals surface area (Å²) in [5.74, 6) is 0.635. The normalized spacial score (nSPS) is 10.9. The number of aromatic nitrogens is 4. The molecule has 2 heterocycles. The third-order valence-corrected chi connectivity index (χ3v) is 3.10. The van der Waals surface area contributed by atoms with Crippen LogP contribution in [0, 0.1) is 6.92 Å². The first-order valence-electron chi connectivity index (χ1n) is 6.12. The van der Waals surface area contributed by atoms with Gasteiger partial charge in [0.1, 0.15) is 0 Å². The van der Waals surface area contributed by atoms with Crippen LogP contribution in [0.1, 0.15) is 5.69 Å². The maximum atomic E-state index is 4.48. The van der Waals surface area contributed by atoms with E-state index in [1.165, 1.54) is 0 Å². The molecule has 3 rings (SSSR count). The van der Waals surface area contributed by atoms with Crippen molar-refractivity contribution in [1.82, 2.24) is 19.5 Å². The third kappa shape index (κ3) is 2.03. The van der Waals surface area contributed by atoms with Crippen molar-refractivity contribution in [1.29, 1.82) is 0 Å². The zero-order valence-electron chi connectivity index (χ0n) is 11.2. The topological polar surface area (TPSA) is 55.6 Å². The fourth-order valence-electron chi connectivity index (χ4n) is 2.12. The van der Waals surface area contributed by atoms with E-state index in [-0.39, 0.29) is 0 Å². The van der Waals surface area contributed by atoms with E-state index in [0.717, 1.165) is 28.0 Å². The lowest BCUT2D eigenvalue weighted by atomic mass is 10.1. The lowest BCUT2D eigenvalue weighted by molar-refractivity contribution is 0.948. The lowest BCUT2D eigenvalue weighted by Gasteiger charge is -2.05. The summed E-state index contributed by atoms with van der Waals surface area (Å²) in [5, 5.41) is 2.98. The fourth-order valence-corrected chi connectivity index (χ4v) is 2.12. The van der Waals surface area contributed by atoms with E-state index in [1.807, 2.05) is 38.0 Å². The quantitative estimate of drug-likeness (QED) is 0.762. The molecule has 0 fully saturated rings. The van der Waals surface area contributed by atoms with Gasteiger partial charge in [-0.3, -0.25) is 0 Å². The van der Waals surface area contributed by atoms with Crippen molar-refractivity contribution < 1.29 is 0 Å². The Balaban J connectivity index is 2.15. The molecular weight excluding hydrogens is 238 g/mol. The van der Waals surface area contributed by atoms with Crippen LogP contribution in [0.4, 0.5) is 5.95 Å². The first kappa shape index (κ1) is 11.6. The third-order valence-electron chi connectivity index (χ3n) is 3.10. The molecule has 0 aliphatic carbocycles. The average Bonchev–Trinajstić information content (AvgIpc) is 2.79. The number of aryl methyl sites for hydroxylation is 2. The van der Waals surface area contributed by atoms with Gasteiger partial charge in [0.05, 0.1) is 23.1 Å². The fraction of sp³-hybridized carbons (Fsp3) is 0.214. The van der Waals surface area contributed by atoms with Gasteiger partial charge in [0.2, 0.25) is 5.95 Å². The molecule has 19 heavy (non-hydrogen) atoms. The highest BCUT2D eigenvalue weighted by atomic mass is 15.1. The summed E-state index contributed by atoms with van der Waals surface area (Å²) >= 11 is 0. The summed E-state index contributed by atoms with van der Waals surface area (Å²) in [6, 6.07) is 8.15. The second-order valence-electron chi connectivity index (χ2n) is 4.53. The Labute approximate surface area is 111 Å². The van der Waals surface area contributed by atoms with Gasteiger partial charge in [0.15, 0.2) is 0 Å². The maximum absolute atomic E-state index is 4.48. The minimum absolute atomic E-state index is 0.635. The van der Waals surface area contributed by atoms with Gasteiger partial charge >= 0.3 is 0 Å². The van der Waals surface area contributed by atoms with E-state index in [2.05, 4.69) is 38.5 Å². The Morgan fingerprint density at radius 3 is 2.79 bits per heavy atom. The van der Waals surface area contributed by atoms with E-state index in [1.54, 1.807) is 0 Å². The highest BCUT2D eigenvalue weighted by Crippen LogP contribution is 2.23. The van der Waals surface area contributed by atoms with Crippen molar-refractivity contribution in [3.05, 3.63) is 36.3 Å². The molecule has 0 aliphatic rings. The maximum Gasteiger partial charge on any atom is 0.223 e. The van der Waals surface area contributed by atoms with Gasteiger partial charge in [-0.25, -0.2) is 15.0 Å². The molecule has 0 aliphatic heterocycles. The first-order chi connectivity index (χ1) is 9.17. The lowest BCUT2D eigenvalue weighted by Crippen LogP contribution is -1.99. The van der Waals surface area contributed by atoms with E-state index in [4.69, 9.17) is 0 Å². The molecule has 0 saturated carbocycles. The highest BCUT2D eigenvalue weighted by Gasteiger charge is 2.06. The number of imidazole rings is 1. The van der Waals surface area contributed by atoms with Gasteiger partial charge in [-0.15, -0.1) is 0 Å². The van der Waals surface area contributed by atoms with Crippen molar-refractivity contribution >= 4 is 17.0 Å². The monoisotopic (exact) mass is 253 g/mol. The minimum atomic E-state index is 0.635. The summed E-state index contributed by atoms with van der Waals surface area (Å²) in [6.07, 6.45) is 1.82. The number of nitrogens with zero attached hydrogens (tertiary/aromatic N) is 4. The van der Waals surface area contributed by atoms with E-state index in [9.17, 15) is 0 Å². The highest BCUT2D eigenvalue weighted by molar-refractivity contribution is 5.81. The molecule has 0 spiro atoms. The van der Waals surface area contributed by atoms with E-state index < -0.39 is 0 Å². The molecule has 0 atom stereocenters. The molecule has 2 aromatic heterocycles. The van der Waals surface area contributed by atoms with Gasteiger partial charge in [-0.2, -0.15) is 0 Å². The molecule has 1 aromatic carbocycles. The predicted octanol–water partition coefficient (Wildman–Crippen LogP) is 2.38. The molecule has 0 saturated heterocycles. The SMILES string of the molecule is CNc1nc(C)cc(-c2ccc3c(c2)ncn3C)n1. The van der Waals surface area contributed by atoms with E-state index >= 15 is 0 Å². The number of nitrogens with one attached hydrogen (secondary N) is 1. The van der Waals surface area contributed by atoms with E-state index in [0.29, 0.717) is 5.95 Å². The number of hydrogen-bond acceptors (Lipinski definition) is 4. The molecule has 0 unspecified atom stereocenters. The Hall–Kier alpha value is -2.43. The molecule has 5 nitrogen and oxygen atoms in total. The van der Waals surface area contributed by atoms with Crippen molar-refractivity contribution in [2.45, 2.75) is 6.92 Å². The van der Waals surface area contributed by atoms with Crippen molar-refractivity contribution in [2.75, 3.05) is 12.4 Å². The van der Waals surface area contributed by atoms with Crippen LogP contribution in [0.5, 0.6) is 0 Å². The standard InChI is InChI=1S/C14H15N5/c1-9-6-11(18-14(15-2)17-9)10-4-5-13-12(7-10)16-8-19(13)3/h4-8H,1-3H3,(H,15,17,18). The first-order valence-corrected chi connectivity index (χ1v) is 6.12. The molecule has 0 amide bonds. The number of fused-ring (bicyclic) bond motifs is 1. The van der Waals surface area contributed by atoms with Gasteiger partial charge in [-0.05, 0) is 25.1 Å². The molecule has 1 N–H and O–H groups in total. The zero-order chi connectivity index (χ0) is 13.4. The predicted molar refractivity (Wildman–Crippen MR) is 76.0 cm³/mol. The molecular formula is C14H15N5. The van der Waals surface area contributed by atoms with Crippen LogP contribution in [-0.4, -0.2) is 26.6 Å². The minimum Gasteiger partial charge on any atom is -0.357 e. The van der Waals surface area contributed by atoms with Crippen LogP contribution in [0.2, 0.25) is 0 Å². The van der Waals surface area contributed by atoms with Crippen molar-refractivity contribution in [3.8, 4) is 11.3 Å². The van der Waals surface area contributed by atoms with Crippen LogP contribution in [0.25, 0.3) is 22.3 Å². The smallest absolute Gasteiger partial charge is 0.223 e. The Kier molecular flexibility index (Phi) is 2.67. The van der Waals surface area contributed by atoms with Gasteiger partial charge in [0, 0.05) is 25.4 Å². The largest absolute Gasteiger partial charge is 0.357 e. The van der Waals surface area contributed by atoms with Gasteiger partial charge in [0.25, 0.3) is 0 Å². The second-order valence-corrected chi connectivity index (χ2v) is 4.53. The number of rotatable bonds is 2. The summed E-state index contributed by atoms with van der Waals surface area (Å²) in [6.45, 7) is 1.96. The van der Waals surface area contributed by atoms with Crippen molar-refractivity contribution in [2.24, 2.45) is 7.05 Å². The zero-order valence-corrected chi connectivity index (χ0v) is 11.2. The summed E-state index contributed by atoms with van der Waals surface area (Å²) < 4.78 is 2.00. The number of benzene rings is 1. The Morgan fingerprint density at radius 1 is 1.16 bits per heavy atom. The Morgan fingerprint density at radius 2 is 2.00 bits per heavy atom. The average molecular weight is 253 g/mol. The van der Waals surface area contributed by atoms with Crippen molar-refractivity contribution in [3.63, 3.8) is 0 Å². The second kappa shape index (κ2) is 4.35. The summed E-state index contributed by atoms with van der Waals surface area (Å²) in [7, 11) is 3.81. The molecule has 0 radical (unpaired) electrons. The number of anilines is 1. The molecule has 96 valence electrons. The van der Waals surface area contributed by atoms with Crippen LogP contribution < -0.4 is 5.32 Å². The van der Waals surface area contributed by atoms with Crippen LogP contribution in [0.15, 0.2) is 30.6 Å². The van der Waals surface area contributed by atoms with Crippen LogP contribution in [0.3, 0.4) is 0 Å². The Bertz CT molecular complexity index is 745. The van der Waals surface area contributed by atoms with Crippen LogP contribution in [-0.2, 0) is 7.05 Å².